The van der Waals surface area contributed by atoms with Gasteiger partial charge in [0.2, 0.25) is 0 Å². The molecule has 120 valence electrons. The number of nitrogens with zero attached hydrogens (tertiary/aromatic N) is 1. The molecule has 21 heavy (non-hydrogen) atoms. The number of hydrogen-bond donors (Lipinski definition) is 2. The van der Waals surface area contributed by atoms with E-state index in [1.165, 1.54) is 12.1 Å². The number of nitrogens with two attached hydrogens (primary N) is 1. The molecule has 0 aliphatic heterocycles. The van der Waals surface area contributed by atoms with E-state index in [4.69, 9.17) is 10.5 Å². The molecule has 1 rings (SSSR count). The van der Waals surface area contributed by atoms with Crippen molar-refractivity contribution in [2.45, 2.75) is 26.1 Å². The van der Waals surface area contributed by atoms with E-state index in [1.807, 2.05) is 6.92 Å². The fourth-order valence-electron chi connectivity index (χ4n) is 1.59. The lowest BCUT2D eigenvalue weighted by Gasteiger charge is -2.13. The molecule has 0 saturated heterocycles. The first-order valence-electron chi connectivity index (χ1n) is 6.10. The van der Waals surface area contributed by atoms with Crippen LogP contribution in [0.5, 0.6) is 5.75 Å². The van der Waals surface area contributed by atoms with Crippen molar-refractivity contribution in [1.29, 1.82) is 0 Å². The molecule has 5 nitrogen and oxygen atoms in total. The molecule has 0 bridgehead atoms. The van der Waals surface area contributed by atoms with E-state index < -0.39 is 6.61 Å². The quantitative estimate of drug-likeness (QED) is 0.408. The summed E-state index contributed by atoms with van der Waals surface area (Å²) in [6.07, 6.45) is 0. The lowest BCUT2D eigenvalue weighted by Crippen LogP contribution is -2.40. The summed E-state index contributed by atoms with van der Waals surface area (Å²) in [7, 11) is 1.60. The molecule has 0 radical (unpaired) electrons. The van der Waals surface area contributed by atoms with E-state index in [9.17, 15) is 8.78 Å². The van der Waals surface area contributed by atoms with E-state index in [0.29, 0.717) is 6.61 Å². The highest BCUT2D eigenvalue weighted by Gasteiger charge is 2.05. The van der Waals surface area contributed by atoms with Gasteiger partial charge in [-0.1, -0.05) is 12.1 Å². The zero-order chi connectivity index (χ0) is 15.0. The van der Waals surface area contributed by atoms with Gasteiger partial charge in [0.15, 0.2) is 5.96 Å². The molecule has 0 amide bonds. The molecule has 1 aromatic carbocycles. The number of nitrogens with one attached hydrogen (secondary N) is 1. The number of methoxy groups -OCH3 is 1. The van der Waals surface area contributed by atoms with Crippen molar-refractivity contribution >= 4 is 29.9 Å². The van der Waals surface area contributed by atoms with Crippen molar-refractivity contribution in [3.05, 3.63) is 29.8 Å². The number of hydrogen-bond acceptors (Lipinski definition) is 3. The molecule has 0 saturated carbocycles. The number of benzene rings is 1. The van der Waals surface area contributed by atoms with Gasteiger partial charge in [0.1, 0.15) is 5.75 Å². The number of rotatable bonds is 7. The summed E-state index contributed by atoms with van der Waals surface area (Å²) in [6, 6.07) is 6.38. The van der Waals surface area contributed by atoms with Crippen LogP contribution in [0.1, 0.15) is 12.5 Å². The number of guanidine groups is 1. The predicted molar refractivity (Wildman–Crippen MR) is 88.3 cm³/mol. The van der Waals surface area contributed by atoms with Crippen LogP contribution in [0.25, 0.3) is 0 Å². The topological polar surface area (TPSA) is 68.9 Å². The van der Waals surface area contributed by atoms with Crippen molar-refractivity contribution < 1.29 is 18.3 Å². The smallest absolute Gasteiger partial charge is 0.387 e. The second-order valence-corrected chi connectivity index (χ2v) is 4.23. The number of ether oxygens (including phenoxy) is 2. The monoisotopic (exact) mass is 415 g/mol. The van der Waals surface area contributed by atoms with Crippen LogP contribution in [-0.4, -0.2) is 32.3 Å². The van der Waals surface area contributed by atoms with Gasteiger partial charge < -0.3 is 20.5 Å². The minimum Gasteiger partial charge on any atom is -0.435 e. The van der Waals surface area contributed by atoms with Gasteiger partial charge in [-0.15, -0.1) is 24.0 Å². The Morgan fingerprint density at radius 3 is 2.76 bits per heavy atom. The lowest BCUT2D eigenvalue weighted by atomic mass is 10.2. The van der Waals surface area contributed by atoms with Crippen LogP contribution in [0.4, 0.5) is 8.78 Å². The molecule has 0 fully saturated rings. The third-order valence-corrected chi connectivity index (χ3v) is 2.37. The first kappa shape index (κ1) is 19.8. The summed E-state index contributed by atoms with van der Waals surface area (Å²) in [5.41, 5.74) is 6.43. The highest BCUT2D eigenvalue weighted by Crippen LogP contribution is 2.16. The first-order valence-corrected chi connectivity index (χ1v) is 6.10. The van der Waals surface area contributed by atoms with Crippen LogP contribution in [0.3, 0.4) is 0 Å². The van der Waals surface area contributed by atoms with Crippen molar-refractivity contribution in [2.75, 3.05) is 13.7 Å². The fourth-order valence-corrected chi connectivity index (χ4v) is 1.59. The van der Waals surface area contributed by atoms with Gasteiger partial charge in [-0.2, -0.15) is 8.78 Å². The number of aliphatic imine (C=N–C) groups is 1. The normalized spacial score (nSPS) is 12.7. The highest BCUT2D eigenvalue weighted by atomic mass is 127. The molecule has 1 aromatic rings. The average Bonchev–Trinajstić information content (AvgIpc) is 2.36. The van der Waals surface area contributed by atoms with E-state index in [1.54, 1.807) is 19.2 Å². The van der Waals surface area contributed by atoms with Crippen LogP contribution >= 0.6 is 24.0 Å². The van der Waals surface area contributed by atoms with Crippen LogP contribution in [0, 0.1) is 0 Å². The van der Waals surface area contributed by atoms with E-state index in [2.05, 4.69) is 15.0 Å². The third-order valence-electron chi connectivity index (χ3n) is 2.37. The molecular weight excluding hydrogens is 395 g/mol. The van der Waals surface area contributed by atoms with Gasteiger partial charge in [0.25, 0.3) is 0 Å². The van der Waals surface area contributed by atoms with E-state index >= 15 is 0 Å². The molecule has 0 aliphatic rings. The summed E-state index contributed by atoms with van der Waals surface area (Å²) in [5.74, 6) is 0.377. The van der Waals surface area contributed by atoms with E-state index in [-0.39, 0.29) is 48.3 Å². The molecule has 1 unspecified atom stereocenters. The fraction of sp³-hybridized carbons (Fsp3) is 0.462. The Labute approximate surface area is 139 Å². The van der Waals surface area contributed by atoms with Crippen LogP contribution in [-0.2, 0) is 11.3 Å². The molecule has 8 heteroatoms. The Bertz CT molecular complexity index is 447. The minimum absolute atomic E-state index is 0. The molecule has 1 atom stereocenters. The number of halogens is 3. The second-order valence-electron chi connectivity index (χ2n) is 4.23. The summed E-state index contributed by atoms with van der Waals surface area (Å²) in [5, 5.41) is 2.95. The minimum atomic E-state index is -2.84. The van der Waals surface area contributed by atoms with Gasteiger partial charge in [-0.05, 0) is 24.6 Å². The molecule has 3 N–H and O–H groups in total. The Morgan fingerprint density at radius 1 is 1.43 bits per heavy atom. The average molecular weight is 415 g/mol. The van der Waals surface area contributed by atoms with Gasteiger partial charge in [-0.3, -0.25) is 0 Å². The van der Waals surface area contributed by atoms with Gasteiger partial charge in [-0.25, -0.2) is 4.99 Å². The molecular formula is C13H20F2IN3O2. The molecule has 0 heterocycles. The maximum atomic E-state index is 12.1. The molecule has 0 aromatic heterocycles. The Hall–Kier alpha value is -1.16. The standard InChI is InChI=1S/C13H19F2N3O2.HI/c1-9(8-19-2)18-13(16)17-7-10-4-3-5-11(6-10)20-12(14)15;/h3-6,9,12H,7-8H2,1-2H3,(H3,16,17,18);1H. The number of alkyl halides is 2. The highest BCUT2D eigenvalue weighted by molar-refractivity contribution is 14.0. The van der Waals surface area contributed by atoms with Crippen molar-refractivity contribution in [1.82, 2.24) is 5.32 Å². The first-order chi connectivity index (χ1) is 9.51. The van der Waals surface area contributed by atoms with Crippen LogP contribution in [0.2, 0.25) is 0 Å². The second kappa shape index (κ2) is 10.6. The summed E-state index contributed by atoms with van der Waals surface area (Å²) < 4.78 is 33.5. The largest absolute Gasteiger partial charge is 0.435 e. The maximum absolute atomic E-state index is 12.1. The lowest BCUT2D eigenvalue weighted by molar-refractivity contribution is -0.0498. The van der Waals surface area contributed by atoms with Gasteiger partial charge in [0.05, 0.1) is 13.2 Å². The molecule has 0 spiro atoms. The van der Waals surface area contributed by atoms with E-state index in [0.717, 1.165) is 5.56 Å². The summed E-state index contributed by atoms with van der Waals surface area (Å²) >= 11 is 0. The Kier molecular flexibility index (Phi) is 9.97. The predicted octanol–water partition coefficient (Wildman–Crippen LogP) is 2.35. The van der Waals surface area contributed by atoms with Crippen molar-refractivity contribution in [2.24, 2.45) is 10.7 Å². The Balaban J connectivity index is 0.00000400. The Morgan fingerprint density at radius 2 is 2.14 bits per heavy atom. The van der Waals surface area contributed by atoms with Crippen molar-refractivity contribution in [3.63, 3.8) is 0 Å². The SMILES string of the molecule is COCC(C)NC(N)=NCc1cccc(OC(F)F)c1.I. The van der Waals surface area contributed by atoms with Gasteiger partial charge >= 0.3 is 6.61 Å². The summed E-state index contributed by atoms with van der Waals surface area (Å²) in [4.78, 5) is 4.12. The van der Waals surface area contributed by atoms with Crippen LogP contribution in [0.15, 0.2) is 29.3 Å². The third kappa shape index (κ3) is 8.66. The summed E-state index contributed by atoms with van der Waals surface area (Å²) in [6.45, 7) is -0.147. The van der Waals surface area contributed by atoms with Gasteiger partial charge in [0, 0.05) is 13.2 Å². The maximum Gasteiger partial charge on any atom is 0.387 e. The molecule has 0 aliphatic carbocycles. The van der Waals surface area contributed by atoms with Crippen LogP contribution < -0.4 is 15.8 Å². The zero-order valence-electron chi connectivity index (χ0n) is 11.9. The zero-order valence-corrected chi connectivity index (χ0v) is 14.2. The van der Waals surface area contributed by atoms with Crippen molar-refractivity contribution in [3.8, 4) is 5.75 Å².